The Kier molecular flexibility index (Phi) is 4.66. The number of nitrogens with zero attached hydrogens (tertiary/aromatic N) is 1. The van der Waals surface area contributed by atoms with E-state index in [0.29, 0.717) is 12.1 Å². The van der Waals surface area contributed by atoms with Crippen molar-refractivity contribution in [3.05, 3.63) is 46.2 Å². The summed E-state index contributed by atoms with van der Waals surface area (Å²) in [5.74, 6) is -0.162. The molecule has 2 aromatic rings. The Morgan fingerprint density at radius 1 is 1.32 bits per heavy atom. The number of aromatic nitrogens is 1. The van der Waals surface area contributed by atoms with Gasteiger partial charge in [-0.25, -0.2) is 0 Å². The molecule has 0 spiro atoms. The largest absolute Gasteiger partial charge is 0.389 e. The molecule has 0 saturated heterocycles. The zero-order valence-corrected chi connectivity index (χ0v) is 13.2. The summed E-state index contributed by atoms with van der Waals surface area (Å²) in [6.45, 7) is 5.91. The second-order valence-corrected chi connectivity index (χ2v) is 6.11. The van der Waals surface area contributed by atoms with Crippen LogP contribution in [0.15, 0.2) is 35.1 Å². The lowest BCUT2D eigenvalue weighted by atomic mass is 10.1. The third-order valence-electron chi connectivity index (χ3n) is 3.48. The lowest BCUT2D eigenvalue weighted by Gasteiger charge is -2.28. The molecule has 0 atom stereocenters. The molecular weight excluding hydrogens is 280 g/mol. The van der Waals surface area contributed by atoms with Gasteiger partial charge in [-0.1, -0.05) is 18.2 Å². The van der Waals surface area contributed by atoms with Gasteiger partial charge in [-0.2, -0.15) is 0 Å². The second kappa shape index (κ2) is 6.32. The van der Waals surface area contributed by atoms with Crippen LogP contribution in [-0.4, -0.2) is 39.6 Å². The Morgan fingerprint density at radius 2 is 2.00 bits per heavy atom. The maximum Gasteiger partial charge on any atom is 0.252 e. The van der Waals surface area contributed by atoms with Crippen LogP contribution in [0.2, 0.25) is 0 Å². The van der Waals surface area contributed by atoms with Gasteiger partial charge in [0.25, 0.3) is 5.56 Å². The van der Waals surface area contributed by atoms with Gasteiger partial charge in [-0.15, -0.1) is 0 Å². The lowest BCUT2D eigenvalue weighted by molar-refractivity contribution is -0.133. The minimum Gasteiger partial charge on any atom is -0.389 e. The molecule has 1 amide bonds. The Balaban J connectivity index is 2.24. The number of rotatable bonds is 5. The van der Waals surface area contributed by atoms with E-state index in [1.165, 1.54) is 0 Å². The summed E-state index contributed by atoms with van der Waals surface area (Å²) in [6.07, 6.45) is 0.0318. The molecule has 22 heavy (non-hydrogen) atoms. The molecule has 118 valence electrons. The van der Waals surface area contributed by atoms with Crippen LogP contribution in [0.3, 0.4) is 0 Å². The number of likely N-dealkylation sites (N-methyl/N-ethyl adjacent to an activating group) is 1. The van der Waals surface area contributed by atoms with Crippen molar-refractivity contribution < 1.29 is 9.90 Å². The molecule has 2 N–H and O–H groups in total. The topological polar surface area (TPSA) is 73.4 Å². The number of nitrogens with one attached hydrogen (secondary N) is 1. The van der Waals surface area contributed by atoms with Crippen LogP contribution in [0.1, 0.15) is 26.3 Å². The Bertz CT molecular complexity index is 728. The SMILES string of the molecule is CCN(CC(C)(C)O)C(=O)Cc1cc2ccccc2[nH]c1=O. The van der Waals surface area contributed by atoms with Crippen molar-refractivity contribution in [3.63, 3.8) is 0 Å². The van der Waals surface area contributed by atoms with Gasteiger partial charge in [0.2, 0.25) is 5.91 Å². The van der Waals surface area contributed by atoms with Crippen molar-refractivity contribution in [2.45, 2.75) is 32.8 Å². The molecule has 0 aliphatic rings. The van der Waals surface area contributed by atoms with E-state index in [1.807, 2.05) is 31.2 Å². The van der Waals surface area contributed by atoms with Gasteiger partial charge >= 0.3 is 0 Å². The van der Waals surface area contributed by atoms with Crippen LogP contribution in [0.25, 0.3) is 10.9 Å². The third kappa shape index (κ3) is 3.95. The molecule has 0 bridgehead atoms. The standard InChI is InChI=1S/C17H22N2O3/c1-4-19(11-17(2,3)22)15(20)10-13-9-12-7-5-6-8-14(12)18-16(13)21/h5-9,22H,4,10-11H2,1-3H3,(H,18,21). The van der Waals surface area contributed by atoms with Crippen molar-refractivity contribution in [1.82, 2.24) is 9.88 Å². The van der Waals surface area contributed by atoms with Gasteiger partial charge in [0, 0.05) is 24.2 Å². The van der Waals surface area contributed by atoms with Crippen molar-refractivity contribution in [3.8, 4) is 0 Å². The highest BCUT2D eigenvalue weighted by molar-refractivity contribution is 5.82. The summed E-state index contributed by atoms with van der Waals surface area (Å²) < 4.78 is 0. The second-order valence-electron chi connectivity index (χ2n) is 6.11. The van der Waals surface area contributed by atoms with Gasteiger partial charge in [0.1, 0.15) is 0 Å². The first-order valence-corrected chi connectivity index (χ1v) is 7.41. The lowest BCUT2D eigenvalue weighted by Crippen LogP contribution is -2.43. The summed E-state index contributed by atoms with van der Waals surface area (Å²) >= 11 is 0. The van der Waals surface area contributed by atoms with Gasteiger partial charge in [-0.3, -0.25) is 9.59 Å². The first kappa shape index (κ1) is 16.2. The fourth-order valence-corrected chi connectivity index (χ4v) is 2.44. The highest BCUT2D eigenvalue weighted by atomic mass is 16.3. The molecule has 0 unspecified atom stereocenters. The Labute approximate surface area is 129 Å². The molecule has 0 aliphatic carbocycles. The van der Waals surface area contributed by atoms with Crippen LogP contribution in [0.4, 0.5) is 0 Å². The highest BCUT2D eigenvalue weighted by Crippen LogP contribution is 2.12. The summed E-state index contributed by atoms with van der Waals surface area (Å²) in [7, 11) is 0. The third-order valence-corrected chi connectivity index (χ3v) is 3.48. The van der Waals surface area contributed by atoms with Crippen LogP contribution in [-0.2, 0) is 11.2 Å². The summed E-state index contributed by atoms with van der Waals surface area (Å²) in [5.41, 5.74) is -0.00150. The number of benzene rings is 1. The molecule has 0 aliphatic heterocycles. The first-order chi connectivity index (χ1) is 10.3. The predicted molar refractivity (Wildman–Crippen MR) is 86.8 cm³/mol. The van der Waals surface area contributed by atoms with Crippen molar-refractivity contribution >= 4 is 16.8 Å². The van der Waals surface area contributed by atoms with Crippen molar-refractivity contribution in [2.75, 3.05) is 13.1 Å². The van der Waals surface area contributed by atoms with Crippen LogP contribution < -0.4 is 5.56 Å². The Hall–Kier alpha value is -2.14. The smallest absolute Gasteiger partial charge is 0.252 e. The van der Waals surface area contributed by atoms with E-state index in [0.717, 1.165) is 10.9 Å². The quantitative estimate of drug-likeness (QED) is 0.882. The number of carbonyl (C=O) groups excluding carboxylic acids is 1. The van der Waals surface area contributed by atoms with E-state index < -0.39 is 5.60 Å². The van der Waals surface area contributed by atoms with Crippen molar-refractivity contribution in [2.24, 2.45) is 0 Å². The number of aromatic amines is 1. The minimum atomic E-state index is -0.957. The summed E-state index contributed by atoms with van der Waals surface area (Å²) in [5, 5.41) is 10.8. The van der Waals surface area contributed by atoms with Crippen LogP contribution >= 0.6 is 0 Å². The first-order valence-electron chi connectivity index (χ1n) is 7.41. The molecule has 0 saturated carbocycles. The zero-order chi connectivity index (χ0) is 16.3. The van der Waals surface area contributed by atoms with E-state index in [2.05, 4.69) is 4.98 Å². The number of H-pyrrole nitrogens is 1. The number of para-hydroxylation sites is 1. The summed E-state index contributed by atoms with van der Waals surface area (Å²) in [4.78, 5) is 28.8. The Morgan fingerprint density at radius 3 is 2.64 bits per heavy atom. The molecule has 1 aromatic heterocycles. The minimum absolute atomic E-state index is 0.0318. The number of amides is 1. The number of pyridine rings is 1. The van der Waals surface area contributed by atoms with Gasteiger partial charge in [0.05, 0.1) is 12.0 Å². The number of aliphatic hydroxyl groups is 1. The normalized spacial score (nSPS) is 11.6. The molecule has 5 heteroatoms. The van der Waals surface area contributed by atoms with Gasteiger partial charge < -0.3 is 15.0 Å². The number of hydrogen-bond acceptors (Lipinski definition) is 3. The fourth-order valence-electron chi connectivity index (χ4n) is 2.44. The molecule has 2 rings (SSSR count). The van der Waals surface area contributed by atoms with E-state index in [9.17, 15) is 14.7 Å². The molecule has 1 heterocycles. The average molecular weight is 302 g/mol. The van der Waals surface area contributed by atoms with Crippen LogP contribution in [0.5, 0.6) is 0 Å². The number of fused-ring (bicyclic) bond motifs is 1. The van der Waals surface area contributed by atoms with Gasteiger partial charge in [-0.05, 0) is 38.3 Å². The summed E-state index contributed by atoms with van der Waals surface area (Å²) in [6, 6.07) is 9.22. The molecule has 0 radical (unpaired) electrons. The van der Waals surface area contributed by atoms with E-state index in [4.69, 9.17) is 0 Å². The zero-order valence-electron chi connectivity index (χ0n) is 13.2. The predicted octanol–water partition coefficient (Wildman–Crippen LogP) is 1.69. The van der Waals surface area contributed by atoms with E-state index >= 15 is 0 Å². The highest BCUT2D eigenvalue weighted by Gasteiger charge is 2.22. The number of carbonyl (C=O) groups is 1. The number of hydrogen-bond donors (Lipinski definition) is 2. The van der Waals surface area contributed by atoms with Crippen molar-refractivity contribution in [1.29, 1.82) is 0 Å². The average Bonchev–Trinajstić information content (AvgIpc) is 2.44. The molecule has 0 fully saturated rings. The molecular formula is C17H22N2O3. The molecule has 5 nitrogen and oxygen atoms in total. The maximum absolute atomic E-state index is 12.4. The molecule has 1 aromatic carbocycles. The van der Waals surface area contributed by atoms with E-state index in [1.54, 1.807) is 24.8 Å². The van der Waals surface area contributed by atoms with E-state index in [-0.39, 0.29) is 24.4 Å². The van der Waals surface area contributed by atoms with Crippen LogP contribution in [0, 0.1) is 0 Å². The monoisotopic (exact) mass is 302 g/mol. The fraction of sp³-hybridized carbons (Fsp3) is 0.412. The maximum atomic E-state index is 12.4. The van der Waals surface area contributed by atoms with Gasteiger partial charge in [0.15, 0.2) is 0 Å².